The second-order valence-electron chi connectivity index (χ2n) is 6.58. The zero-order valence-electron chi connectivity index (χ0n) is 15.0. The number of rotatable bonds is 6. The number of nitrogens with one attached hydrogen (secondary N) is 1. The van der Waals surface area contributed by atoms with Gasteiger partial charge in [-0.1, -0.05) is 25.3 Å². The minimum Gasteiger partial charge on any atom is -0.497 e. The van der Waals surface area contributed by atoms with Gasteiger partial charge in [0.2, 0.25) is 11.8 Å². The fourth-order valence-corrected chi connectivity index (χ4v) is 3.23. The highest BCUT2D eigenvalue weighted by Gasteiger charge is 2.26. The van der Waals surface area contributed by atoms with Gasteiger partial charge in [0.25, 0.3) is 0 Å². The Kier molecular flexibility index (Phi) is 6.07. The Morgan fingerprint density at radius 3 is 2.65 bits per heavy atom. The summed E-state index contributed by atoms with van der Waals surface area (Å²) in [5, 5.41) is 2.85. The number of ether oxygens (including phenoxy) is 2. The number of anilines is 1. The lowest BCUT2D eigenvalue weighted by atomic mass is 9.84. The highest BCUT2D eigenvalue weighted by molar-refractivity contribution is 5.94. The Morgan fingerprint density at radius 1 is 1.19 bits per heavy atom. The fourth-order valence-electron chi connectivity index (χ4n) is 3.23. The summed E-state index contributed by atoms with van der Waals surface area (Å²) < 4.78 is 10.9. The third-order valence-electron chi connectivity index (χ3n) is 4.73. The number of hydrogen-bond donors (Lipinski definition) is 2. The van der Waals surface area contributed by atoms with Crippen molar-refractivity contribution in [2.45, 2.75) is 38.1 Å². The van der Waals surface area contributed by atoms with Crippen LogP contribution in [0.5, 0.6) is 17.4 Å². The molecule has 0 spiro atoms. The Hall–Kier alpha value is -2.60. The molecular formula is C20H25N3O3. The number of hydrogen-bond acceptors (Lipinski definition) is 5. The van der Waals surface area contributed by atoms with Crippen LogP contribution in [0.3, 0.4) is 0 Å². The first-order valence-corrected chi connectivity index (χ1v) is 9.00. The molecule has 1 atom stereocenters. The summed E-state index contributed by atoms with van der Waals surface area (Å²) in [6.07, 6.45) is 7.18. The van der Waals surface area contributed by atoms with Crippen molar-refractivity contribution in [3.05, 3.63) is 42.6 Å². The number of amides is 1. The van der Waals surface area contributed by atoms with Gasteiger partial charge in [0.1, 0.15) is 11.5 Å². The topological polar surface area (TPSA) is 86.5 Å². The van der Waals surface area contributed by atoms with E-state index in [2.05, 4.69) is 10.3 Å². The molecule has 6 nitrogen and oxygen atoms in total. The molecule has 0 aliphatic heterocycles. The Morgan fingerprint density at radius 2 is 1.96 bits per heavy atom. The van der Waals surface area contributed by atoms with Gasteiger partial charge in [-0.25, -0.2) is 4.98 Å². The third kappa shape index (κ3) is 4.73. The van der Waals surface area contributed by atoms with E-state index < -0.39 is 6.04 Å². The molecule has 0 bridgehead atoms. The molecule has 1 aromatic heterocycles. The van der Waals surface area contributed by atoms with Crippen molar-refractivity contribution in [2.75, 3.05) is 12.4 Å². The van der Waals surface area contributed by atoms with E-state index in [4.69, 9.17) is 15.2 Å². The van der Waals surface area contributed by atoms with Crippen molar-refractivity contribution in [3.63, 3.8) is 0 Å². The lowest BCUT2D eigenvalue weighted by molar-refractivity contribution is -0.118. The van der Waals surface area contributed by atoms with Gasteiger partial charge in [0.15, 0.2) is 0 Å². The molecule has 3 rings (SSSR count). The highest BCUT2D eigenvalue weighted by atomic mass is 16.5. The summed E-state index contributed by atoms with van der Waals surface area (Å²) in [5.74, 6) is 1.90. The number of benzene rings is 1. The maximum absolute atomic E-state index is 12.3. The second kappa shape index (κ2) is 8.67. The smallest absolute Gasteiger partial charge is 0.241 e. The molecule has 0 radical (unpaired) electrons. The molecule has 6 heteroatoms. The van der Waals surface area contributed by atoms with Crippen molar-refractivity contribution >= 4 is 11.6 Å². The van der Waals surface area contributed by atoms with E-state index >= 15 is 0 Å². The number of pyridine rings is 1. The molecule has 2 aromatic rings. The summed E-state index contributed by atoms with van der Waals surface area (Å²) in [6, 6.07) is 10.3. The Labute approximate surface area is 153 Å². The number of nitrogens with zero attached hydrogens (tertiary/aromatic N) is 1. The monoisotopic (exact) mass is 355 g/mol. The van der Waals surface area contributed by atoms with Crippen LogP contribution in [0.1, 0.15) is 32.1 Å². The Bertz CT molecular complexity index is 727. The van der Waals surface area contributed by atoms with E-state index in [1.807, 2.05) is 18.2 Å². The Balaban J connectivity index is 1.57. The first kappa shape index (κ1) is 18.2. The average molecular weight is 355 g/mol. The quantitative estimate of drug-likeness (QED) is 0.824. The van der Waals surface area contributed by atoms with E-state index in [9.17, 15) is 4.79 Å². The fraction of sp³-hybridized carbons (Fsp3) is 0.400. The number of nitrogens with two attached hydrogens (primary N) is 1. The summed E-state index contributed by atoms with van der Waals surface area (Å²) in [5.41, 5.74) is 6.74. The molecule has 1 aliphatic carbocycles. The molecule has 138 valence electrons. The van der Waals surface area contributed by atoms with Crippen molar-refractivity contribution in [2.24, 2.45) is 11.7 Å². The first-order valence-electron chi connectivity index (χ1n) is 9.00. The molecule has 1 heterocycles. The largest absolute Gasteiger partial charge is 0.497 e. The van der Waals surface area contributed by atoms with Crippen LogP contribution in [-0.4, -0.2) is 24.0 Å². The standard InChI is InChI=1S/C20H25N3O3/c1-25-16-8-5-9-17(12-16)26-18-11-10-15(13-22-18)23-20(24)19(21)14-6-3-2-4-7-14/h5,8-14,19H,2-4,6-7,21H2,1H3,(H,23,24)/t19-/m0/s1. The molecule has 0 unspecified atom stereocenters. The highest BCUT2D eigenvalue weighted by Crippen LogP contribution is 2.27. The third-order valence-corrected chi connectivity index (χ3v) is 4.73. The van der Waals surface area contributed by atoms with Crippen LogP contribution in [-0.2, 0) is 4.79 Å². The van der Waals surface area contributed by atoms with Gasteiger partial charge in [0.05, 0.1) is 25.0 Å². The number of carbonyl (C=O) groups is 1. The van der Waals surface area contributed by atoms with Gasteiger partial charge in [-0.3, -0.25) is 4.79 Å². The molecule has 1 amide bonds. The molecule has 26 heavy (non-hydrogen) atoms. The van der Waals surface area contributed by atoms with Crippen LogP contribution in [0.2, 0.25) is 0 Å². The SMILES string of the molecule is COc1cccc(Oc2ccc(NC(=O)[C@@H](N)C3CCCCC3)cn2)c1. The average Bonchev–Trinajstić information content (AvgIpc) is 2.69. The normalized spacial score (nSPS) is 15.9. The zero-order chi connectivity index (χ0) is 18.4. The van der Waals surface area contributed by atoms with Gasteiger partial charge in [-0.15, -0.1) is 0 Å². The van der Waals surface area contributed by atoms with E-state index in [1.165, 1.54) is 6.42 Å². The number of carbonyl (C=O) groups excluding carboxylic acids is 1. The predicted octanol–water partition coefficient (Wildman–Crippen LogP) is 3.73. The lowest BCUT2D eigenvalue weighted by Crippen LogP contribution is -2.42. The molecular weight excluding hydrogens is 330 g/mol. The van der Waals surface area contributed by atoms with Gasteiger partial charge in [-0.05, 0) is 37.0 Å². The number of aromatic nitrogens is 1. The molecule has 1 saturated carbocycles. The number of methoxy groups -OCH3 is 1. The van der Waals surface area contributed by atoms with Crippen LogP contribution in [0.25, 0.3) is 0 Å². The van der Waals surface area contributed by atoms with Crippen molar-refractivity contribution in [3.8, 4) is 17.4 Å². The van der Waals surface area contributed by atoms with Crippen molar-refractivity contribution in [1.82, 2.24) is 4.98 Å². The summed E-state index contributed by atoms with van der Waals surface area (Å²) in [7, 11) is 1.60. The summed E-state index contributed by atoms with van der Waals surface area (Å²) >= 11 is 0. The van der Waals surface area contributed by atoms with Crippen molar-refractivity contribution in [1.29, 1.82) is 0 Å². The molecule has 1 fully saturated rings. The summed E-state index contributed by atoms with van der Waals surface area (Å²) in [6.45, 7) is 0. The maximum atomic E-state index is 12.3. The molecule has 0 saturated heterocycles. The maximum Gasteiger partial charge on any atom is 0.241 e. The van der Waals surface area contributed by atoms with Gasteiger partial charge < -0.3 is 20.5 Å². The van der Waals surface area contributed by atoms with Gasteiger partial charge in [-0.2, -0.15) is 0 Å². The van der Waals surface area contributed by atoms with E-state index in [0.29, 0.717) is 23.1 Å². The second-order valence-corrected chi connectivity index (χ2v) is 6.58. The van der Waals surface area contributed by atoms with E-state index in [0.717, 1.165) is 25.7 Å². The minimum absolute atomic E-state index is 0.153. The van der Waals surface area contributed by atoms with Crippen LogP contribution in [0, 0.1) is 5.92 Å². The molecule has 1 aliphatic rings. The minimum atomic E-state index is -0.469. The van der Waals surface area contributed by atoms with Crippen LogP contribution in [0.4, 0.5) is 5.69 Å². The first-order chi connectivity index (χ1) is 12.7. The van der Waals surface area contributed by atoms with Crippen LogP contribution in [0.15, 0.2) is 42.6 Å². The zero-order valence-corrected chi connectivity index (χ0v) is 15.0. The van der Waals surface area contributed by atoms with Crippen LogP contribution < -0.4 is 20.5 Å². The molecule has 1 aromatic carbocycles. The molecule has 3 N–H and O–H groups in total. The summed E-state index contributed by atoms with van der Waals surface area (Å²) in [4.78, 5) is 16.6. The van der Waals surface area contributed by atoms with E-state index in [-0.39, 0.29) is 11.8 Å². The van der Waals surface area contributed by atoms with Crippen molar-refractivity contribution < 1.29 is 14.3 Å². The van der Waals surface area contributed by atoms with Gasteiger partial charge >= 0.3 is 0 Å². The van der Waals surface area contributed by atoms with Gasteiger partial charge in [0, 0.05) is 12.1 Å². The lowest BCUT2D eigenvalue weighted by Gasteiger charge is -2.26. The van der Waals surface area contributed by atoms with E-state index in [1.54, 1.807) is 31.5 Å². The predicted molar refractivity (Wildman–Crippen MR) is 100 cm³/mol. The van der Waals surface area contributed by atoms with Crippen LogP contribution >= 0.6 is 0 Å².